The molecule has 0 bridgehead atoms. The Hall–Kier alpha value is -5.08. The van der Waals surface area contributed by atoms with Gasteiger partial charge in [0.15, 0.2) is 0 Å². The standard InChI is InChI=1S/C37H26N2/c1-38-34-19-7-5-17-30(34)32-24-37-33(23-36(32)38)31-18-6-8-20-35(31)39(37)29-16-10-15-28(22-29)27-14-9-13-26(21-27)25-11-3-2-4-12-25/h2-24H,1H3. The number of benzene rings is 6. The van der Waals surface area contributed by atoms with Gasteiger partial charge in [-0.2, -0.15) is 0 Å². The van der Waals surface area contributed by atoms with Gasteiger partial charge in [-0.05, 0) is 64.7 Å². The van der Waals surface area contributed by atoms with E-state index in [0.29, 0.717) is 0 Å². The summed E-state index contributed by atoms with van der Waals surface area (Å²) in [4.78, 5) is 0. The molecule has 0 atom stereocenters. The lowest BCUT2D eigenvalue weighted by molar-refractivity contribution is 1.02. The molecule has 8 rings (SSSR count). The van der Waals surface area contributed by atoms with Crippen LogP contribution in [0, 0.1) is 0 Å². The van der Waals surface area contributed by atoms with Crippen LogP contribution in [0.25, 0.3) is 71.6 Å². The lowest BCUT2D eigenvalue weighted by atomic mass is 9.99. The number of hydrogen-bond acceptors (Lipinski definition) is 0. The monoisotopic (exact) mass is 498 g/mol. The van der Waals surface area contributed by atoms with Gasteiger partial charge in [-0.3, -0.25) is 0 Å². The zero-order valence-corrected chi connectivity index (χ0v) is 21.7. The van der Waals surface area contributed by atoms with E-state index in [4.69, 9.17) is 0 Å². The Labute approximate surface area is 227 Å². The van der Waals surface area contributed by atoms with E-state index < -0.39 is 0 Å². The van der Waals surface area contributed by atoms with Crippen molar-refractivity contribution in [1.82, 2.24) is 9.13 Å². The summed E-state index contributed by atoms with van der Waals surface area (Å²) in [5.74, 6) is 0. The summed E-state index contributed by atoms with van der Waals surface area (Å²) in [5, 5.41) is 5.13. The predicted molar refractivity (Wildman–Crippen MR) is 166 cm³/mol. The lowest BCUT2D eigenvalue weighted by Crippen LogP contribution is -1.94. The Morgan fingerprint density at radius 1 is 0.359 bits per heavy atom. The fourth-order valence-electron chi connectivity index (χ4n) is 6.23. The van der Waals surface area contributed by atoms with Crippen molar-refractivity contribution in [3.05, 3.63) is 140 Å². The van der Waals surface area contributed by atoms with Crippen LogP contribution in [0.15, 0.2) is 140 Å². The lowest BCUT2D eigenvalue weighted by Gasteiger charge is -2.11. The minimum atomic E-state index is 1.17. The number of fused-ring (bicyclic) bond motifs is 6. The molecular formula is C37H26N2. The van der Waals surface area contributed by atoms with Crippen molar-refractivity contribution >= 4 is 43.6 Å². The molecule has 2 nitrogen and oxygen atoms in total. The van der Waals surface area contributed by atoms with Crippen LogP contribution in [0.2, 0.25) is 0 Å². The third-order valence-electron chi connectivity index (χ3n) is 8.11. The summed E-state index contributed by atoms with van der Waals surface area (Å²) in [6.45, 7) is 0. The minimum Gasteiger partial charge on any atom is -0.344 e. The Bertz CT molecular complexity index is 2180. The van der Waals surface area contributed by atoms with Gasteiger partial charge < -0.3 is 9.13 Å². The molecule has 0 aliphatic heterocycles. The van der Waals surface area contributed by atoms with Crippen LogP contribution < -0.4 is 0 Å². The summed E-state index contributed by atoms with van der Waals surface area (Å²) in [6.07, 6.45) is 0. The average molecular weight is 499 g/mol. The third-order valence-corrected chi connectivity index (χ3v) is 8.11. The molecule has 0 saturated heterocycles. The van der Waals surface area contributed by atoms with E-state index in [9.17, 15) is 0 Å². The van der Waals surface area contributed by atoms with Crippen LogP contribution in [0.4, 0.5) is 0 Å². The predicted octanol–water partition coefficient (Wildman–Crippen LogP) is 9.76. The zero-order valence-electron chi connectivity index (χ0n) is 21.7. The van der Waals surface area contributed by atoms with Crippen molar-refractivity contribution in [2.45, 2.75) is 0 Å². The highest BCUT2D eigenvalue weighted by atomic mass is 15.0. The minimum absolute atomic E-state index is 1.17. The molecule has 0 saturated carbocycles. The fourth-order valence-corrected chi connectivity index (χ4v) is 6.23. The smallest absolute Gasteiger partial charge is 0.0548 e. The SMILES string of the molecule is Cn1c2ccccc2c2cc3c(cc21)c1ccccc1n3-c1cccc(-c2cccc(-c3ccccc3)c2)c1. The molecule has 8 aromatic rings. The molecule has 39 heavy (non-hydrogen) atoms. The maximum Gasteiger partial charge on any atom is 0.0548 e. The second-order valence-electron chi connectivity index (χ2n) is 10.3. The summed E-state index contributed by atoms with van der Waals surface area (Å²) >= 11 is 0. The molecule has 2 aromatic heterocycles. The van der Waals surface area contributed by atoms with Crippen LogP contribution >= 0.6 is 0 Å². The van der Waals surface area contributed by atoms with Crippen molar-refractivity contribution in [3.63, 3.8) is 0 Å². The molecular weight excluding hydrogens is 472 g/mol. The summed E-state index contributed by atoms with van der Waals surface area (Å²) in [7, 11) is 2.17. The normalized spacial score (nSPS) is 11.7. The molecule has 0 fully saturated rings. The zero-order chi connectivity index (χ0) is 25.9. The molecule has 0 unspecified atom stereocenters. The Balaban J connectivity index is 1.37. The van der Waals surface area contributed by atoms with Crippen molar-refractivity contribution < 1.29 is 0 Å². The molecule has 0 aliphatic rings. The number of aromatic nitrogens is 2. The van der Waals surface area contributed by atoms with Gasteiger partial charge in [0, 0.05) is 45.3 Å². The highest BCUT2D eigenvalue weighted by Gasteiger charge is 2.16. The Morgan fingerprint density at radius 3 is 1.69 bits per heavy atom. The molecule has 0 aliphatic carbocycles. The first-order valence-corrected chi connectivity index (χ1v) is 13.4. The molecule has 0 spiro atoms. The number of nitrogens with zero attached hydrogens (tertiary/aromatic N) is 2. The quantitative estimate of drug-likeness (QED) is 0.229. The molecule has 2 heterocycles. The third kappa shape index (κ3) is 3.35. The van der Waals surface area contributed by atoms with Crippen molar-refractivity contribution in [3.8, 4) is 27.9 Å². The van der Waals surface area contributed by atoms with Gasteiger partial charge in [-0.1, -0.05) is 97.1 Å². The second-order valence-corrected chi connectivity index (χ2v) is 10.3. The van der Waals surface area contributed by atoms with E-state index in [-0.39, 0.29) is 0 Å². The molecule has 0 N–H and O–H groups in total. The van der Waals surface area contributed by atoms with Crippen molar-refractivity contribution in [2.24, 2.45) is 7.05 Å². The number of aryl methyl sites for hydroxylation is 1. The second kappa shape index (κ2) is 8.47. The van der Waals surface area contributed by atoms with Crippen LogP contribution in [-0.2, 0) is 7.05 Å². The average Bonchev–Trinajstić information content (AvgIpc) is 3.48. The Morgan fingerprint density at radius 2 is 0.897 bits per heavy atom. The van der Waals surface area contributed by atoms with Gasteiger partial charge in [0.2, 0.25) is 0 Å². The first-order valence-electron chi connectivity index (χ1n) is 13.4. The topological polar surface area (TPSA) is 9.86 Å². The van der Waals surface area contributed by atoms with Crippen LogP contribution in [0.1, 0.15) is 0 Å². The van der Waals surface area contributed by atoms with Crippen molar-refractivity contribution in [2.75, 3.05) is 0 Å². The summed E-state index contributed by atoms with van der Waals surface area (Å²) < 4.78 is 4.74. The first-order chi connectivity index (χ1) is 19.3. The van der Waals surface area contributed by atoms with E-state index in [2.05, 4.69) is 156 Å². The highest BCUT2D eigenvalue weighted by Crippen LogP contribution is 2.38. The fraction of sp³-hybridized carbons (Fsp3) is 0.0270. The molecule has 2 heteroatoms. The number of hydrogen-bond donors (Lipinski definition) is 0. The van der Waals surface area contributed by atoms with Crippen LogP contribution in [-0.4, -0.2) is 9.13 Å². The highest BCUT2D eigenvalue weighted by molar-refractivity contribution is 6.18. The number of para-hydroxylation sites is 2. The molecule has 6 aromatic carbocycles. The van der Waals surface area contributed by atoms with Gasteiger partial charge >= 0.3 is 0 Å². The number of rotatable bonds is 3. The van der Waals surface area contributed by atoms with E-state index >= 15 is 0 Å². The van der Waals surface area contributed by atoms with E-state index in [0.717, 1.165) is 0 Å². The van der Waals surface area contributed by atoms with Crippen molar-refractivity contribution in [1.29, 1.82) is 0 Å². The molecule has 0 radical (unpaired) electrons. The molecule has 184 valence electrons. The summed E-state index contributed by atoms with van der Waals surface area (Å²) in [6, 6.07) is 50.6. The van der Waals surface area contributed by atoms with E-state index in [1.165, 1.54) is 71.6 Å². The van der Waals surface area contributed by atoms with Crippen LogP contribution in [0.3, 0.4) is 0 Å². The van der Waals surface area contributed by atoms with Gasteiger partial charge in [-0.15, -0.1) is 0 Å². The first kappa shape index (κ1) is 22.0. The van der Waals surface area contributed by atoms with Gasteiger partial charge in [-0.25, -0.2) is 0 Å². The van der Waals surface area contributed by atoms with E-state index in [1.54, 1.807) is 0 Å². The van der Waals surface area contributed by atoms with E-state index in [1.807, 2.05) is 0 Å². The largest absolute Gasteiger partial charge is 0.344 e. The maximum atomic E-state index is 2.43. The van der Waals surface area contributed by atoms with Gasteiger partial charge in [0.05, 0.1) is 11.0 Å². The van der Waals surface area contributed by atoms with Gasteiger partial charge in [0.25, 0.3) is 0 Å². The molecule has 0 amide bonds. The maximum absolute atomic E-state index is 2.43. The Kier molecular flexibility index (Phi) is 4.77. The summed E-state index contributed by atoms with van der Waals surface area (Å²) in [5.41, 5.74) is 11.0. The van der Waals surface area contributed by atoms with Gasteiger partial charge in [0.1, 0.15) is 0 Å². The van der Waals surface area contributed by atoms with Crippen LogP contribution in [0.5, 0.6) is 0 Å².